The van der Waals surface area contributed by atoms with Crippen LogP contribution in [-0.2, 0) is 4.79 Å². The Morgan fingerprint density at radius 2 is 2.17 bits per heavy atom. The first-order chi connectivity index (χ1) is 11.4. The molecule has 2 heterocycles. The molecule has 24 heavy (non-hydrogen) atoms. The molecule has 1 aromatic rings. The van der Waals surface area contributed by atoms with Crippen molar-refractivity contribution in [3.63, 3.8) is 0 Å². The summed E-state index contributed by atoms with van der Waals surface area (Å²) in [6, 6.07) is 3.74. The summed E-state index contributed by atoms with van der Waals surface area (Å²) in [4.78, 5) is 29.5. The van der Waals surface area contributed by atoms with E-state index in [1.165, 1.54) is 0 Å². The highest BCUT2D eigenvalue weighted by molar-refractivity contribution is 5.76. The highest BCUT2D eigenvalue weighted by Gasteiger charge is 2.32. The minimum atomic E-state index is -0.824. The first-order valence-corrected chi connectivity index (χ1v) is 8.54. The van der Waals surface area contributed by atoms with Crippen molar-refractivity contribution in [1.29, 1.82) is 0 Å². The number of hydrogen-bond donors (Lipinski definition) is 2. The summed E-state index contributed by atoms with van der Waals surface area (Å²) in [6.07, 6.45) is 4.20. The molecular weight excluding hydrogens is 306 g/mol. The van der Waals surface area contributed by atoms with E-state index in [1.807, 2.05) is 25.3 Å². The van der Waals surface area contributed by atoms with Crippen LogP contribution in [0.2, 0.25) is 0 Å². The number of carbonyl (C=O) groups excluding carboxylic acids is 1. The lowest BCUT2D eigenvalue weighted by atomic mass is 9.89. The Morgan fingerprint density at radius 3 is 2.75 bits per heavy atom. The van der Waals surface area contributed by atoms with E-state index in [2.05, 4.69) is 24.1 Å². The van der Waals surface area contributed by atoms with Crippen LogP contribution in [0.5, 0.6) is 0 Å². The number of aliphatic carboxylic acids is 1. The van der Waals surface area contributed by atoms with Crippen LogP contribution in [0.4, 0.5) is 4.79 Å². The van der Waals surface area contributed by atoms with Gasteiger partial charge in [-0.1, -0.05) is 26.8 Å². The standard InChI is InChI=1S/C18H27N3O3/c1-12(2)16(14-5-4-6-19-8-14)9-20-18(24)21-10-13(3)7-15(11-21)17(22)23/h4-6,8,12-13,15-16H,7,9-11H2,1-3H3,(H,20,24)(H,22,23). The summed E-state index contributed by atoms with van der Waals surface area (Å²) in [6.45, 7) is 7.63. The normalized spacial score (nSPS) is 22.2. The number of pyridine rings is 1. The van der Waals surface area contributed by atoms with Gasteiger partial charge in [0, 0.05) is 37.9 Å². The molecular formula is C18H27N3O3. The van der Waals surface area contributed by atoms with Gasteiger partial charge in [-0.15, -0.1) is 0 Å². The number of carboxylic acid groups (broad SMARTS) is 1. The third-order valence-corrected chi connectivity index (χ3v) is 4.69. The molecule has 1 saturated heterocycles. The van der Waals surface area contributed by atoms with Gasteiger partial charge < -0.3 is 15.3 Å². The van der Waals surface area contributed by atoms with Gasteiger partial charge in [-0.05, 0) is 29.9 Å². The van der Waals surface area contributed by atoms with Gasteiger partial charge >= 0.3 is 12.0 Å². The second-order valence-corrected chi connectivity index (χ2v) is 7.10. The van der Waals surface area contributed by atoms with Crippen molar-refractivity contribution >= 4 is 12.0 Å². The smallest absolute Gasteiger partial charge is 0.317 e. The van der Waals surface area contributed by atoms with Crippen LogP contribution in [0, 0.1) is 17.8 Å². The number of carbonyl (C=O) groups is 2. The van der Waals surface area contributed by atoms with Gasteiger partial charge in [0.1, 0.15) is 0 Å². The number of nitrogens with zero attached hydrogens (tertiary/aromatic N) is 2. The number of piperidine rings is 1. The fourth-order valence-corrected chi connectivity index (χ4v) is 3.34. The maximum Gasteiger partial charge on any atom is 0.317 e. The molecule has 0 bridgehead atoms. The topological polar surface area (TPSA) is 82.5 Å². The predicted molar refractivity (Wildman–Crippen MR) is 91.7 cm³/mol. The zero-order chi connectivity index (χ0) is 17.7. The van der Waals surface area contributed by atoms with Gasteiger partial charge in [-0.3, -0.25) is 9.78 Å². The number of carboxylic acids is 1. The van der Waals surface area contributed by atoms with Crippen LogP contribution >= 0.6 is 0 Å². The molecule has 3 unspecified atom stereocenters. The Labute approximate surface area is 143 Å². The predicted octanol–water partition coefficient (Wildman–Crippen LogP) is 2.57. The molecule has 6 heteroatoms. The van der Waals surface area contributed by atoms with Gasteiger partial charge in [-0.2, -0.15) is 0 Å². The van der Waals surface area contributed by atoms with E-state index in [-0.39, 0.29) is 24.4 Å². The Bertz CT molecular complexity index is 562. The third kappa shape index (κ3) is 4.69. The van der Waals surface area contributed by atoms with Crippen LogP contribution in [0.3, 0.4) is 0 Å². The Balaban J connectivity index is 1.97. The average molecular weight is 333 g/mol. The van der Waals surface area contributed by atoms with E-state index in [1.54, 1.807) is 11.1 Å². The largest absolute Gasteiger partial charge is 0.481 e. The summed E-state index contributed by atoms with van der Waals surface area (Å²) in [5.74, 6) is -0.556. The number of nitrogens with one attached hydrogen (secondary N) is 1. The van der Waals surface area contributed by atoms with Crippen LogP contribution in [0.15, 0.2) is 24.5 Å². The minimum absolute atomic E-state index is 0.178. The first kappa shape index (κ1) is 18.2. The van der Waals surface area contributed by atoms with Crippen molar-refractivity contribution in [2.75, 3.05) is 19.6 Å². The molecule has 2 rings (SSSR count). The van der Waals surface area contributed by atoms with Gasteiger partial charge in [0.25, 0.3) is 0 Å². The lowest BCUT2D eigenvalue weighted by molar-refractivity contribution is -0.143. The quantitative estimate of drug-likeness (QED) is 0.867. The molecule has 0 aliphatic carbocycles. The number of amides is 2. The second kappa shape index (κ2) is 8.13. The van der Waals surface area contributed by atoms with Crippen LogP contribution < -0.4 is 5.32 Å². The van der Waals surface area contributed by atoms with Crippen LogP contribution in [0.1, 0.15) is 38.7 Å². The van der Waals surface area contributed by atoms with E-state index in [9.17, 15) is 14.7 Å². The average Bonchev–Trinajstić information content (AvgIpc) is 2.55. The molecule has 2 amide bonds. The van der Waals surface area contributed by atoms with Gasteiger partial charge in [0.15, 0.2) is 0 Å². The zero-order valence-corrected chi connectivity index (χ0v) is 14.6. The molecule has 6 nitrogen and oxygen atoms in total. The minimum Gasteiger partial charge on any atom is -0.481 e. The zero-order valence-electron chi connectivity index (χ0n) is 14.6. The Kier molecular flexibility index (Phi) is 6.17. The van der Waals surface area contributed by atoms with Crippen molar-refractivity contribution in [2.45, 2.75) is 33.1 Å². The molecule has 0 aromatic carbocycles. The highest BCUT2D eigenvalue weighted by Crippen LogP contribution is 2.24. The fourth-order valence-electron chi connectivity index (χ4n) is 3.34. The first-order valence-electron chi connectivity index (χ1n) is 8.54. The van der Waals surface area contributed by atoms with Gasteiger partial charge in [0.2, 0.25) is 0 Å². The van der Waals surface area contributed by atoms with Crippen LogP contribution in [-0.4, -0.2) is 46.6 Å². The maximum atomic E-state index is 12.5. The molecule has 0 spiro atoms. The van der Waals surface area contributed by atoms with Crippen molar-refractivity contribution in [2.24, 2.45) is 17.8 Å². The Hall–Kier alpha value is -2.11. The monoisotopic (exact) mass is 333 g/mol. The molecule has 2 N–H and O–H groups in total. The van der Waals surface area contributed by atoms with Crippen molar-refractivity contribution in [1.82, 2.24) is 15.2 Å². The summed E-state index contributed by atoms with van der Waals surface area (Å²) >= 11 is 0. The van der Waals surface area contributed by atoms with E-state index in [4.69, 9.17) is 0 Å². The third-order valence-electron chi connectivity index (χ3n) is 4.69. The number of likely N-dealkylation sites (tertiary alicyclic amines) is 1. The molecule has 1 aromatic heterocycles. The molecule has 1 fully saturated rings. The maximum absolute atomic E-state index is 12.5. The molecule has 0 radical (unpaired) electrons. The van der Waals surface area contributed by atoms with Crippen molar-refractivity contribution in [3.05, 3.63) is 30.1 Å². The second-order valence-electron chi connectivity index (χ2n) is 7.10. The number of aromatic nitrogens is 1. The lowest BCUT2D eigenvalue weighted by Gasteiger charge is -2.35. The summed E-state index contributed by atoms with van der Waals surface area (Å²) in [5, 5.41) is 12.2. The number of hydrogen-bond acceptors (Lipinski definition) is 3. The number of rotatable bonds is 5. The van der Waals surface area contributed by atoms with Gasteiger partial charge in [0.05, 0.1) is 5.92 Å². The number of urea groups is 1. The van der Waals surface area contributed by atoms with Crippen molar-refractivity contribution in [3.8, 4) is 0 Å². The molecule has 1 aliphatic heterocycles. The van der Waals surface area contributed by atoms with Gasteiger partial charge in [-0.25, -0.2) is 4.79 Å². The van der Waals surface area contributed by atoms with Crippen LogP contribution in [0.25, 0.3) is 0 Å². The Morgan fingerprint density at radius 1 is 1.42 bits per heavy atom. The van der Waals surface area contributed by atoms with E-state index < -0.39 is 11.9 Å². The summed E-state index contributed by atoms with van der Waals surface area (Å²) < 4.78 is 0. The molecule has 3 atom stereocenters. The SMILES string of the molecule is CC1CC(C(=O)O)CN(C(=O)NCC(c2cccnc2)C(C)C)C1. The summed E-state index contributed by atoms with van der Waals surface area (Å²) in [5.41, 5.74) is 1.10. The summed E-state index contributed by atoms with van der Waals surface area (Å²) in [7, 11) is 0. The van der Waals surface area contributed by atoms with E-state index >= 15 is 0 Å². The van der Waals surface area contributed by atoms with E-state index in [0.717, 1.165) is 5.56 Å². The fraction of sp³-hybridized carbons (Fsp3) is 0.611. The van der Waals surface area contributed by atoms with E-state index in [0.29, 0.717) is 25.4 Å². The highest BCUT2D eigenvalue weighted by atomic mass is 16.4. The molecule has 1 aliphatic rings. The lowest BCUT2D eigenvalue weighted by Crippen LogP contribution is -2.50. The molecule has 0 saturated carbocycles. The molecule has 132 valence electrons. The van der Waals surface area contributed by atoms with Crippen molar-refractivity contribution < 1.29 is 14.7 Å².